The zero-order valence-corrected chi connectivity index (χ0v) is 21.6. The van der Waals surface area contributed by atoms with Gasteiger partial charge in [0.2, 0.25) is 0 Å². The van der Waals surface area contributed by atoms with Gasteiger partial charge in [0.15, 0.2) is 5.16 Å². The normalized spacial score (nSPS) is 14.6. The molecule has 35 heavy (non-hydrogen) atoms. The molecule has 4 aromatic rings. The highest BCUT2D eigenvalue weighted by Gasteiger charge is 2.27. The van der Waals surface area contributed by atoms with Crippen LogP contribution in [0.5, 0.6) is 0 Å². The van der Waals surface area contributed by atoms with E-state index in [1.165, 1.54) is 29.3 Å². The van der Waals surface area contributed by atoms with Gasteiger partial charge in [0.25, 0.3) is 5.56 Å². The maximum atomic E-state index is 13.9. The first kappa shape index (κ1) is 23.8. The van der Waals surface area contributed by atoms with E-state index in [1.54, 1.807) is 22.8 Å². The quantitative estimate of drug-likeness (QED) is 0.210. The van der Waals surface area contributed by atoms with Crippen molar-refractivity contribution >= 4 is 39.3 Å². The van der Waals surface area contributed by atoms with Crippen LogP contribution in [0.4, 0.5) is 0 Å². The summed E-state index contributed by atoms with van der Waals surface area (Å²) in [5.41, 5.74) is 4.18. The van der Waals surface area contributed by atoms with Gasteiger partial charge < -0.3 is 4.74 Å². The first-order valence-electron chi connectivity index (χ1n) is 11.6. The summed E-state index contributed by atoms with van der Waals surface area (Å²) in [5.74, 6) is -0.346. The summed E-state index contributed by atoms with van der Waals surface area (Å²) in [4.78, 5) is 35.4. The molecule has 0 N–H and O–H groups in total. The third-order valence-corrected chi connectivity index (χ3v) is 8.42. The van der Waals surface area contributed by atoms with E-state index in [-0.39, 0.29) is 11.5 Å². The number of methoxy groups -OCH3 is 1. The van der Waals surface area contributed by atoms with Crippen LogP contribution in [0.3, 0.4) is 0 Å². The van der Waals surface area contributed by atoms with Crippen LogP contribution in [0, 0.1) is 6.92 Å². The molecule has 0 radical (unpaired) electrons. The van der Waals surface area contributed by atoms with E-state index < -0.39 is 5.25 Å². The van der Waals surface area contributed by atoms with Crippen LogP contribution in [-0.4, -0.2) is 39.3 Å². The fourth-order valence-corrected chi connectivity index (χ4v) is 6.68. The van der Waals surface area contributed by atoms with E-state index in [1.807, 2.05) is 37.3 Å². The van der Waals surface area contributed by atoms with Gasteiger partial charge in [-0.2, -0.15) is 0 Å². The fraction of sp³-hybridized carbons (Fsp3) is 0.296. The molecule has 6 nitrogen and oxygen atoms in total. The summed E-state index contributed by atoms with van der Waals surface area (Å²) in [5, 5.41) is 0.723. The molecule has 8 heteroatoms. The van der Waals surface area contributed by atoms with E-state index in [0.29, 0.717) is 10.5 Å². The van der Waals surface area contributed by atoms with Gasteiger partial charge in [-0.05, 0) is 43.5 Å². The van der Waals surface area contributed by atoms with E-state index in [2.05, 4.69) is 29.2 Å². The van der Waals surface area contributed by atoms with E-state index >= 15 is 0 Å². The van der Waals surface area contributed by atoms with Crippen molar-refractivity contribution in [2.24, 2.45) is 0 Å². The van der Waals surface area contributed by atoms with Crippen LogP contribution in [0.1, 0.15) is 28.5 Å². The summed E-state index contributed by atoms with van der Waals surface area (Å²) in [6, 6.07) is 18.3. The Kier molecular flexibility index (Phi) is 6.77. The molecule has 0 fully saturated rings. The van der Waals surface area contributed by atoms with Crippen molar-refractivity contribution in [3.63, 3.8) is 0 Å². The van der Waals surface area contributed by atoms with Crippen LogP contribution < -0.4 is 5.56 Å². The molecule has 1 aliphatic heterocycles. The molecule has 0 spiro atoms. The van der Waals surface area contributed by atoms with Gasteiger partial charge in [0.05, 0.1) is 18.2 Å². The Morgan fingerprint density at radius 1 is 1.17 bits per heavy atom. The summed E-state index contributed by atoms with van der Waals surface area (Å²) >= 11 is 2.85. The molecule has 5 rings (SSSR count). The molecule has 0 bridgehead atoms. The minimum Gasteiger partial charge on any atom is -0.468 e. The van der Waals surface area contributed by atoms with Crippen molar-refractivity contribution in [1.82, 2.24) is 14.5 Å². The highest BCUT2D eigenvalue weighted by molar-refractivity contribution is 8.00. The van der Waals surface area contributed by atoms with Gasteiger partial charge in [0, 0.05) is 24.5 Å². The Balaban J connectivity index is 1.58. The van der Waals surface area contributed by atoms with Crippen molar-refractivity contribution < 1.29 is 9.53 Å². The van der Waals surface area contributed by atoms with Gasteiger partial charge in [0.1, 0.15) is 10.1 Å². The molecule has 3 heterocycles. The number of thiophene rings is 1. The second-order valence-corrected chi connectivity index (χ2v) is 11.2. The molecule has 1 aliphatic rings. The molecule has 180 valence electrons. The number of ether oxygens (including phenoxy) is 1. The lowest BCUT2D eigenvalue weighted by atomic mass is 10.0. The molecule has 1 atom stereocenters. The summed E-state index contributed by atoms with van der Waals surface area (Å²) in [7, 11) is 1.37. The number of hydrogen-bond donors (Lipinski definition) is 0. The number of carbonyl (C=O) groups is 1. The largest absolute Gasteiger partial charge is 0.468 e. The number of hydrogen-bond acceptors (Lipinski definition) is 7. The fourth-order valence-electron chi connectivity index (χ4n) is 4.43. The summed E-state index contributed by atoms with van der Waals surface area (Å²) in [6.45, 7) is 6.36. The summed E-state index contributed by atoms with van der Waals surface area (Å²) in [6.07, 6.45) is 0.817. The highest BCUT2D eigenvalue weighted by Crippen LogP contribution is 2.35. The number of aromatic nitrogens is 2. The highest BCUT2D eigenvalue weighted by atomic mass is 32.2. The monoisotopic (exact) mass is 505 g/mol. The lowest BCUT2D eigenvalue weighted by Crippen LogP contribution is -2.30. The Morgan fingerprint density at radius 3 is 2.63 bits per heavy atom. The molecule has 0 saturated heterocycles. The van der Waals surface area contributed by atoms with Crippen molar-refractivity contribution in [2.75, 3.05) is 13.7 Å². The molecule has 0 amide bonds. The minimum atomic E-state index is -0.489. The van der Waals surface area contributed by atoms with Crippen LogP contribution >= 0.6 is 23.1 Å². The van der Waals surface area contributed by atoms with Crippen LogP contribution in [0.2, 0.25) is 0 Å². The second kappa shape index (κ2) is 9.97. The number of rotatable bonds is 6. The SMILES string of the molecule is COC(=O)C(C)Sc1nc2sc3c(c2c(=O)n1-c1ccc(C)cc1)CCN(Cc1ccccc1)C3. The van der Waals surface area contributed by atoms with E-state index in [0.717, 1.165) is 47.7 Å². The van der Waals surface area contributed by atoms with Crippen molar-refractivity contribution in [3.05, 3.63) is 86.5 Å². The molecule has 0 aliphatic carbocycles. The van der Waals surface area contributed by atoms with Crippen molar-refractivity contribution in [2.45, 2.75) is 43.8 Å². The number of fused-ring (bicyclic) bond motifs is 3. The number of nitrogens with zero attached hydrogens (tertiary/aromatic N) is 3. The standard InChI is InChI=1S/C27H27N3O3S2/c1-17-9-11-20(12-10-17)30-25(31)23-21-13-14-29(15-19-7-5-4-6-8-19)16-22(21)35-24(23)28-27(30)34-18(2)26(32)33-3/h4-12,18H,13-16H2,1-3H3. The Hall–Kier alpha value is -2.94. The third kappa shape index (κ3) is 4.78. The Labute approximate surface area is 212 Å². The molecule has 2 aromatic carbocycles. The van der Waals surface area contributed by atoms with Gasteiger partial charge in [-0.1, -0.05) is 59.8 Å². The average Bonchev–Trinajstić information content (AvgIpc) is 3.23. The van der Waals surface area contributed by atoms with Crippen LogP contribution in [0.25, 0.3) is 15.9 Å². The molecular formula is C27H27N3O3S2. The molecule has 1 unspecified atom stereocenters. The Morgan fingerprint density at radius 2 is 1.91 bits per heavy atom. The predicted octanol–water partition coefficient (Wildman–Crippen LogP) is 4.97. The predicted molar refractivity (Wildman–Crippen MR) is 142 cm³/mol. The van der Waals surface area contributed by atoms with E-state index in [9.17, 15) is 9.59 Å². The zero-order valence-electron chi connectivity index (χ0n) is 20.0. The Bertz CT molecular complexity index is 1430. The first-order chi connectivity index (χ1) is 16.9. The smallest absolute Gasteiger partial charge is 0.318 e. The van der Waals surface area contributed by atoms with Gasteiger partial charge in [-0.25, -0.2) is 4.98 Å². The lowest BCUT2D eigenvalue weighted by Gasteiger charge is -2.26. The third-order valence-electron chi connectivity index (χ3n) is 6.28. The maximum Gasteiger partial charge on any atom is 0.318 e. The first-order valence-corrected chi connectivity index (χ1v) is 13.3. The molecular weight excluding hydrogens is 478 g/mol. The van der Waals surface area contributed by atoms with Crippen molar-refractivity contribution in [1.29, 1.82) is 0 Å². The van der Waals surface area contributed by atoms with Crippen LogP contribution in [-0.2, 0) is 29.0 Å². The summed E-state index contributed by atoms with van der Waals surface area (Å²) < 4.78 is 6.56. The number of aryl methyl sites for hydroxylation is 1. The van der Waals surface area contributed by atoms with Crippen molar-refractivity contribution in [3.8, 4) is 5.69 Å². The molecule has 0 saturated carbocycles. The maximum absolute atomic E-state index is 13.9. The molecule has 2 aromatic heterocycles. The zero-order chi connectivity index (χ0) is 24.5. The average molecular weight is 506 g/mol. The lowest BCUT2D eigenvalue weighted by molar-refractivity contribution is -0.139. The van der Waals surface area contributed by atoms with Crippen LogP contribution in [0.15, 0.2) is 64.5 Å². The topological polar surface area (TPSA) is 64.4 Å². The number of carbonyl (C=O) groups excluding carboxylic acids is 1. The number of thioether (sulfide) groups is 1. The van der Waals surface area contributed by atoms with Gasteiger partial charge in [-0.3, -0.25) is 19.1 Å². The van der Waals surface area contributed by atoms with E-state index in [4.69, 9.17) is 9.72 Å². The number of esters is 1. The van der Waals surface area contributed by atoms with Gasteiger partial charge in [-0.15, -0.1) is 11.3 Å². The number of benzene rings is 2. The van der Waals surface area contributed by atoms with Gasteiger partial charge >= 0.3 is 5.97 Å². The minimum absolute atomic E-state index is 0.0765. The second-order valence-electron chi connectivity index (χ2n) is 8.78.